The number of piperidine rings is 1. The zero-order chi connectivity index (χ0) is 18.1. The van der Waals surface area contributed by atoms with Gasteiger partial charge in [0.1, 0.15) is 0 Å². The Morgan fingerprint density at radius 2 is 1.96 bits per heavy atom. The van der Waals surface area contributed by atoms with E-state index in [0.29, 0.717) is 29.6 Å². The fraction of sp³-hybridized carbons (Fsp3) is 0.381. The standard InChI is InChI=1S/C21H22N2O3/c24-19(25)10-6-14-3-7-16(8-4-14)20-18(2-1-11-22-20)21(26)23-13-15-5-9-17(23)12-15/h1-4,7-8,11,15,17H,5-6,9-10,12-13H2,(H,24,25)/t15-,17+/m0/s1. The van der Waals surface area contributed by atoms with Crippen LogP contribution in [0.1, 0.15) is 41.6 Å². The summed E-state index contributed by atoms with van der Waals surface area (Å²) in [4.78, 5) is 30.3. The molecule has 2 fully saturated rings. The predicted molar refractivity (Wildman–Crippen MR) is 97.8 cm³/mol. The summed E-state index contributed by atoms with van der Waals surface area (Å²) in [6, 6.07) is 11.7. The summed E-state index contributed by atoms with van der Waals surface area (Å²) in [7, 11) is 0. The number of carboxylic acids is 1. The van der Waals surface area contributed by atoms with Gasteiger partial charge in [-0.2, -0.15) is 0 Å². The van der Waals surface area contributed by atoms with E-state index in [1.807, 2.05) is 41.3 Å². The molecule has 5 nitrogen and oxygen atoms in total. The first kappa shape index (κ1) is 16.8. The van der Waals surface area contributed by atoms with E-state index in [1.54, 1.807) is 6.20 Å². The van der Waals surface area contributed by atoms with Crippen LogP contribution in [0.3, 0.4) is 0 Å². The van der Waals surface area contributed by atoms with Crippen molar-refractivity contribution in [3.8, 4) is 11.3 Å². The highest BCUT2D eigenvalue weighted by Crippen LogP contribution is 2.38. The minimum Gasteiger partial charge on any atom is -0.481 e. The van der Waals surface area contributed by atoms with Crippen molar-refractivity contribution >= 4 is 11.9 Å². The molecule has 1 saturated carbocycles. The van der Waals surface area contributed by atoms with Crippen LogP contribution < -0.4 is 0 Å². The number of amides is 1. The molecule has 1 aromatic carbocycles. The Labute approximate surface area is 152 Å². The van der Waals surface area contributed by atoms with Crippen molar-refractivity contribution in [3.63, 3.8) is 0 Å². The highest BCUT2D eigenvalue weighted by molar-refractivity contribution is 6.00. The quantitative estimate of drug-likeness (QED) is 0.897. The smallest absolute Gasteiger partial charge is 0.303 e. The van der Waals surface area contributed by atoms with Crippen LogP contribution in [0.5, 0.6) is 0 Å². The maximum absolute atomic E-state index is 13.1. The lowest BCUT2D eigenvalue weighted by molar-refractivity contribution is -0.136. The van der Waals surface area contributed by atoms with Crippen molar-refractivity contribution in [1.29, 1.82) is 0 Å². The average molecular weight is 350 g/mol. The molecule has 5 heteroatoms. The van der Waals surface area contributed by atoms with E-state index >= 15 is 0 Å². The number of aromatic nitrogens is 1. The largest absolute Gasteiger partial charge is 0.481 e. The van der Waals surface area contributed by atoms with Gasteiger partial charge in [0.05, 0.1) is 11.3 Å². The number of rotatable bonds is 5. The number of hydrogen-bond donors (Lipinski definition) is 1. The van der Waals surface area contributed by atoms with Gasteiger partial charge < -0.3 is 10.0 Å². The first-order chi connectivity index (χ1) is 12.6. The summed E-state index contributed by atoms with van der Waals surface area (Å²) in [5, 5.41) is 8.80. The third-order valence-electron chi connectivity index (χ3n) is 5.56. The molecule has 134 valence electrons. The van der Waals surface area contributed by atoms with Crippen molar-refractivity contribution in [1.82, 2.24) is 9.88 Å². The molecule has 1 aliphatic heterocycles. The second-order valence-electron chi connectivity index (χ2n) is 7.28. The minimum absolute atomic E-state index is 0.0789. The third-order valence-corrected chi connectivity index (χ3v) is 5.56. The number of carboxylic acid groups (broad SMARTS) is 1. The van der Waals surface area contributed by atoms with Crippen LogP contribution in [-0.2, 0) is 11.2 Å². The summed E-state index contributed by atoms with van der Waals surface area (Å²) in [6.07, 6.45) is 5.82. The average Bonchev–Trinajstić information content (AvgIpc) is 3.30. The lowest BCUT2D eigenvalue weighted by atomic mass is 10.0. The van der Waals surface area contributed by atoms with Gasteiger partial charge in [0.2, 0.25) is 0 Å². The van der Waals surface area contributed by atoms with Crippen LogP contribution in [-0.4, -0.2) is 39.5 Å². The van der Waals surface area contributed by atoms with Gasteiger partial charge in [-0.05, 0) is 49.3 Å². The van der Waals surface area contributed by atoms with E-state index in [0.717, 1.165) is 30.5 Å². The van der Waals surface area contributed by atoms with E-state index in [1.165, 1.54) is 6.42 Å². The summed E-state index contributed by atoms with van der Waals surface area (Å²) in [5.74, 6) is -0.0561. The number of benzene rings is 1. The van der Waals surface area contributed by atoms with Gasteiger partial charge in [-0.25, -0.2) is 0 Å². The molecule has 1 aromatic heterocycles. The topological polar surface area (TPSA) is 70.5 Å². The lowest BCUT2D eigenvalue weighted by Gasteiger charge is -2.27. The molecule has 2 heterocycles. The number of likely N-dealkylation sites (tertiary alicyclic amines) is 1. The Balaban J connectivity index is 1.57. The molecule has 2 aromatic rings. The van der Waals surface area contributed by atoms with E-state index in [2.05, 4.69) is 4.98 Å². The van der Waals surface area contributed by atoms with Crippen LogP contribution in [0.4, 0.5) is 0 Å². The number of carbonyl (C=O) groups excluding carboxylic acids is 1. The van der Waals surface area contributed by atoms with Crippen LogP contribution >= 0.6 is 0 Å². The first-order valence-electron chi connectivity index (χ1n) is 9.19. The van der Waals surface area contributed by atoms with Gasteiger partial charge in [-0.3, -0.25) is 14.6 Å². The van der Waals surface area contributed by atoms with Crippen molar-refractivity contribution in [2.75, 3.05) is 6.54 Å². The molecule has 1 saturated heterocycles. The van der Waals surface area contributed by atoms with Gasteiger partial charge in [0, 0.05) is 30.8 Å². The van der Waals surface area contributed by atoms with E-state index in [4.69, 9.17) is 5.11 Å². The second-order valence-corrected chi connectivity index (χ2v) is 7.28. The van der Waals surface area contributed by atoms with Crippen LogP contribution in [0.15, 0.2) is 42.6 Å². The molecular weight excluding hydrogens is 328 g/mol. The minimum atomic E-state index is -0.799. The normalized spacial score (nSPS) is 21.2. The Morgan fingerprint density at radius 1 is 1.15 bits per heavy atom. The number of aryl methyl sites for hydroxylation is 1. The monoisotopic (exact) mass is 350 g/mol. The SMILES string of the molecule is O=C(O)CCc1ccc(-c2ncccc2C(=O)N2C[C@H]3CC[C@@H]2C3)cc1. The third kappa shape index (κ3) is 3.21. The zero-order valence-corrected chi connectivity index (χ0v) is 14.6. The number of fused-ring (bicyclic) bond motifs is 2. The van der Waals surface area contributed by atoms with Gasteiger partial charge in [-0.1, -0.05) is 24.3 Å². The number of pyridine rings is 1. The Morgan fingerprint density at radius 3 is 2.62 bits per heavy atom. The summed E-state index contributed by atoms with van der Waals surface area (Å²) in [5.41, 5.74) is 3.21. The number of aliphatic carboxylic acids is 1. The maximum Gasteiger partial charge on any atom is 0.303 e. The van der Waals surface area contributed by atoms with E-state index in [9.17, 15) is 9.59 Å². The molecule has 1 aliphatic carbocycles. The molecular formula is C21H22N2O3. The first-order valence-corrected chi connectivity index (χ1v) is 9.19. The fourth-order valence-corrected chi connectivity index (χ4v) is 4.22. The van der Waals surface area contributed by atoms with Gasteiger partial charge in [0.25, 0.3) is 5.91 Å². The molecule has 0 unspecified atom stereocenters. The predicted octanol–water partition coefficient (Wildman–Crippen LogP) is 3.39. The van der Waals surface area contributed by atoms with Gasteiger partial charge in [-0.15, -0.1) is 0 Å². The Bertz CT molecular complexity index is 831. The van der Waals surface area contributed by atoms with E-state index in [-0.39, 0.29) is 12.3 Å². The highest BCUT2D eigenvalue weighted by Gasteiger charge is 2.40. The molecule has 26 heavy (non-hydrogen) atoms. The van der Waals surface area contributed by atoms with Crippen molar-refractivity contribution < 1.29 is 14.7 Å². The molecule has 2 aliphatic rings. The highest BCUT2D eigenvalue weighted by atomic mass is 16.4. The van der Waals surface area contributed by atoms with Crippen molar-refractivity contribution in [2.24, 2.45) is 5.92 Å². The zero-order valence-electron chi connectivity index (χ0n) is 14.6. The Hall–Kier alpha value is -2.69. The summed E-state index contributed by atoms with van der Waals surface area (Å²) >= 11 is 0. The van der Waals surface area contributed by atoms with Crippen LogP contribution in [0.2, 0.25) is 0 Å². The van der Waals surface area contributed by atoms with Gasteiger partial charge in [0.15, 0.2) is 0 Å². The van der Waals surface area contributed by atoms with Crippen LogP contribution in [0.25, 0.3) is 11.3 Å². The molecule has 1 N–H and O–H groups in total. The van der Waals surface area contributed by atoms with Crippen molar-refractivity contribution in [3.05, 3.63) is 53.7 Å². The molecule has 2 bridgehead atoms. The molecule has 0 spiro atoms. The second kappa shape index (κ2) is 6.90. The van der Waals surface area contributed by atoms with Gasteiger partial charge >= 0.3 is 5.97 Å². The molecule has 4 rings (SSSR count). The number of nitrogens with zero attached hydrogens (tertiary/aromatic N) is 2. The Kier molecular flexibility index (Phi) is 4.45. The lowest BCUT2D eigenvalue weighted by Crippen LogP contribution is -2.37. The molecule has 1 amide bonds. The van der Waals surface area contributed by atoms with Crippen molar-refractivity contribution in [2.45, 2.75) is 38.1 Å². The van der Waals surface area contributed by atoms with E-state index < -0.39 is 5.97 Å². The summed E-state index contributed by atoms with van der Waals surface area (Å²) < 4.78 is 0. The summed E-state index contributed by atoms with van der Waals surface area (Å²) in [6.45, 7) is 0.867. The van der Waals surface area contributed by atoms with Crippen LogP contribution in [0, 0.1) is 5.92 Å². The maximum atomic E-state index is 13.1. The number of carbonyl (C=O) groups is 2. The fourth-order valence-electron chi connectivity index (χ4n) is 4.22. The molecule has 2 atom stereocenters. The number of hydrogen-bond acceptors (Lipinski definition) is 3. The molecule has 0 radical (unpaired) electrons.